The minimum atomic E-state index is -3.03. The van der Waals surface area contributed by atoms with Gasteiger partial charge in [0.1, 0.15) is 7.05 Å². The van der Waals surface area contributed by atoms with Crippen LogP contribution in [-0.4, -0.2) is 19.4 Å². The number of nitrogens with zero attached hydrogens (tertiary/aromatic N) is 1. The van der Waals surface area contributed by atoms with Gasteiger partial charge in [-0.3, -0.25) is 4.57 Å². The van der Waals surface area contributed by atoms with E-state index < -0.39 is 7.60 Å². The van der Waals surface area contributed by atoms with E-state index in [1.54, 1.807) is 0 Å². The number of allylic oxidation sites excluding steroid dienone is 2. The number of hydrogen-bond acceptors (Lipinski definition) is 3. The van der Waals surface area contributed by atoms with E-state index in [9.17, 15) is 4.57 Å². The van der Waals surface area contributed by atoms with Crippen molar-refractivity contribution in [3.63, 3.8) is 0 Å². The molecule has 0 N–H and O–H groups in total. The van der Waals surface area contributed by atoms with Crippen LogP contribution in [0.5, 0.6) is 0 Å². The summed E-state index contributed by atoms with van der Waals surface area (Å²) in [6.45, 7) is 5.69. The summed E-state index contributed by atoms with van der Waals surface area (Å²) < 4.78 is 27.8. The minimum Gasteiger partial charge on any atom is -1.00 e. The highest BCUT2D eigenvalue weighted by Crippen LogP contribution is 2.49. The first-order valence-electron chi connectivity index (χ1n) is 20.6. The Balaban J connectivity index is 0.0000221. The SMILES string of the molecule is CCCCCCCC/C=C\CCCCCCCCOP(=O)(CCCCc1cc[n+](C)cc1)OCCCCCCCCCCCCCC.[Cl-]. The molecular formula is C42H79ClNO3P. The Hall–Kier alpha value is -0.670. The molecule has 6 heteroatoms. The zero-order chi connectivity index (χ0) is 33.9. The van der Waals surface area contributed by atoms with Crippen molar-refractivity contribution in [3.8, 4) is 0 Å². The third-order valence-corrected chi connectivity index (χ3v) is 11.4. The van der Waals surface area contributed by atoms with Crippen LogP contribution in [0.2, 0.25) is 0 Å². The molecule has 0 spiro atoms. The summed E-state index contributed by atoms with van der Waals surface area (Å²) in [5.41, 5.74) is 1.33. The maximum absolute atomic E-state index is 13.7. The summed E-state index contributed by atoms with van der Waals surface area (Å²) >= 11 is 0. The van der Waals surface area contributed by atoms with Crippen molar-refractivity contribution in [2.45, 2.75) is 200 Å². The molecule has 0 amide bonds. The van der Waals surface area contributed by atoms with Gasteiger partial charge in [-0.05, 0) is 63.4 Å². The molecule has 1 unspecified atom stereocenters. The van der Waals surface area contributed by atoms with Gasteiger partial charge in [0.2, 0.25) is 0 Å². The molecule has 0 aromatic carbocycles. The van der Waals surface area contributed by atoms with Crippen molar-refractivity contribution in [1.29, 1.82) is 0 Å². The summed E-state index contributed by atoms with van der Waals surface area (Å²) in [5, 5.41) is 0. The summed E-state index contributed by atoms with van der Waals surface area (Å²) in [5.74, 6) is 0. The molecule has 0 aliphatic carbocycles. The molecule has 0 fully saturated rings. The van der Waals surface area contributed by atoms with E-state index in [4.69, 9.17) is 9.05 Å². The van der Waals surface area contributed by atoms with Crippen LogP contribution in [0.15, 0.2) is 36.7 Å². The molecule has 4 nitrogen and oxygen atoms in total. The van der Waals surface area contributed by atoms with Crippen LogP contribution in [0, 0.1) is 0 Å². The van der Waals surface area contributed by atoms with Gasteiger partial charge < -0.3 is 21.5 Å². The Labute approximate surface area is 306 Å². The van der Waals surface area contributed by atoms with E-state index in [0.717, 1.165) is 44.9 Å². The lowest BCUT2D eigenvalue weighted by Gasteiger charge is -2.19. The highest BCUT2D eigenvalue weighted by Gasteiger charge is 2.23. The van der Waals surface area contributed by atoms with Gasteiger partial charge in [-0.2, -0.15) is 0 Å². The molecule has 1 atom stereocenters. The van der Waals surface area contributed by atoms with Crippen molar-refractivity contribution < 1.29 is 30.6 Å². The van der Waals surface area contributed by atoms with Gasteiger partial charge in [-0.1, -0.05) is 154 Å². The van der Waals surface area contributed by atoms with Gasteiger partial charge >= 0.3 is 7.60 Å². The number of aryl methyl sites for hydroxylation is 2. The van der Waals surface area contributed by atoms with Gasteiger partial charge in [0.25, 0.3) is 0 Å². The molecule has 48 heavy (non-hydrogen) atoms. The predicted octanol–water partition coefficient (Wildman–Crippen LogP) is 10.8. The van der Waals surface area contributed by atoms with Gasteiger partial charge in [0.15, 0.2) is 12.4 Å². The Morgan fingerprint density at radius 2 is 0.917 bits per heavy atom. The largest absolute Gasteiger partial charge is 1.00 e. The third-order valence-electron chi connectivity index (χ3n) is 9.42. The maximum atomic E-state index is 13.7. The molecule has 0 aliphatic rings. The molecule has 0 saturated carbocycles. The van der Waals surface area contributed by atoms with Crippen molar-refractivity contribution in [2.24, 2.45) is 7.05 Å². The van der Waals surface area contributed by atoms with Crippen molar-refractivity contribution in [3.05, 3.63) is 42.2 Å². The third kappa shape index (κ3) is 31.3. The lowest BCUT2D eigenvalue weighted by Crippen LogP contribution is -3.00. The smallest absolute Gasteiger partial charge is 0.330 e. The molecule has 1 aromatic heterocycles. The van der Waals surface area contributed by atoms with Crippen LogP contribution < -0.4 is 17.0 Å². The predicted molar refractivity (Wildman–Crippen MR) is 205 cm³/mol. The summed E-state index contributed by atoms with van der Waals surface area (Å²) in [4.78, 5) is 0. The van der Waals surface area contributed by atoms with Crippen LogP contribution in [0.1, 0.15) is 199 Å². The molecule has 0 aliphatic heterocycles. The standard InChI is InChI=1S/C42H79NO3P.ClH/c1-4-6-8-10-12-14-16-18-19-20-21-23-25-27-29-32-40-46-47(44,41-33-30-34-42-35-37-43(3)38-36-42)45-39-31-28-26-24-22-17-15-13-11-9-7-5-2;/h18-19,35-38H,4-17,20-34,39-41H2,1-3H3;1H/q+1;/p-1/b19-18-;. The second kappa shape index (κ2) is 36.1. The van der Waals surface area contributed by atoms with E-state index in [-0.39, 0.29) is 12.4 Å². The summed E-state index contributed by atoms with van der Waals surface area (Å²) in [6.07, 6.45) is 46.3. The average Bonchev–Trinajstić information content (AvgIpc) is 3.07. The fraction of sp³-hybridized carbons (Fsp3) is 0.833. The topological polar surface area (TPSA) is 39.4 Å². The van der Waals surface area contributed by atoms with Crippen LogP contribution in [-0.2, 0) is 27.1 Å². The fourth-order valence-electron chi connectivity index (χ4n) is 6.20. The van der Waals surface area contributed by atoms with E-state index in [1.807, 2.05) is 7.05 Å². The molecule has 282 valence electrons. The monoisotopic (exact) mass is 712 g/mol. The molecule has 0 radical (unpaired) electrons. The Morgan fingerprint density at radius 1 is 0.542 bits per heavy atom. The maximum Gasteiger partial charge on any atom is 0.330 e. The van der Waals surface area contributed by atoms with Crippen LogP contribution in [0.4, 0.5) is 0 Å². The Bertz CT molecular complexity index is 863. The number of halogens is 1. The molecule has 1 heterocycles. The molecule has 1 aromatic rings. The minimum absolute atomic E-state index is 0. The summed E-state index contributed by atoms with van der Waals surface area (Å²) in [7, 11) is -0.988. The average molecular weight is 713 g/mol. The van der Waals surface area contributed by atoms with Crippen LogP contribution in [0.3, 0.4) is 0 Å². The first kappa shape index (κ1) is 47.3. The number of aromatic nitrogens is 1. The zero-order valence-corrected chi connectivity index (χ0v) is 33.7. The van der Waals surface area contributed by atoms with Crippen molar-refractivity contribution >= 4 is 7.60 Å². The van der Waals surface area contributed by atoms with Gasteiger partial charge in [-0.15, -0.1) is 0 Å². The molecule has 1 rings (SSSR count). The first-order chi connectivity index (χ1) is 23.1. The van der Waals surface area contributed by atoms with E-state index in [2.05, 4.69) is 55.1 Å². The van der Waals surface area contributed by atoms with Crippen LogP contribution in [0.25, 0.3) is 0 Å². The zero-order valence-electron chi connectivity index (χ0n) is 32.1. The van der Waals surface area contributed by atoms with E-state index in [1.165, 1.54) is 147 Å². The van der Waals surface area contributed by atoms with E-state index in [0.29, 0.717) is 19.4 Å². The second-order valence-electron chi connectivity index (χ2n) is 14.2. The highest BCUT2D eigenvalue weighted by atomic mass is 35.5. The quantitative estimate of drug-likeness (QED) is 0.0301. The Morgan fingerprint density at radius 3 is 1.33 bits per heavy atom. The number of pyridine rings is 1. The first-order valence-corrected chi connectivity index (χ1v) is 22.3. The van der Waals surface area contributed by atoms with E-state index >= 15 is 0 Å². The normalized spacial score (nSPS) is 12.8. The second-order valence-corrected chi connectivity index (χ2v) is 16.3. The lowest BCUT2D eigenvalue weighted by atomic mass is 10.1. The van der Waals surface area contributed by atoms with Crippen LogP contribution >= 0.6 is 7.60 Å². The van der Waals surface area contributed by atoms with Gasteiger partial charge in [-0.25, -0.2) is 4.57 Å². The van der Waals surface area contributed by atoms with Crippen molar-refractivity contribution in [1.82, 2.24) is 0 Å². The highest BCUT2D eigenvalue weighted by molar-refractivity contribution is 7.53. The number of rotatable bonds is 36. The van der Waals surface area contributed by atoms with Gasteiger partial charge in [0.05, 0.1) is 19.4 Å². The molecular weight excluding hydrogens is 633 g/mol. The lowest BCUT2D eigenvalue weighted by molar-refractivity contribution is -0.671. The fourth-order valence-corrected chi connectivity index (χ4v) is 7.96. The summed E-state index contributed by atoms with van der Waals surface area (Å²) in [6, 6.07) is 4.35. The number of hydrogen-bond donors (Lipinski definition) is 0. The molecule has 0 bridgehead atoms. The van der Waals surface area contributed by atoms with Gasteiger partial charge in [0, 0.05) is 12.1 Å². The van der Waals surface area contributed by atoms with Crippen molar-refractivity contribution in [2.75, 3.05) is 19.4 Å². The molecule has 0 saturated heterocycles. The Kier molecular flexibility index (Phi) is 35.6. The number of unbranched alkanes of at least 4 members (excludes halogenated alkanes) is 24.